The fraction of sp³-hybridized carbons (Fsp3) is 0.455. The van der Waals surface area contributed by atoms with Gasteiger partial charge in [-0.25, -0.2) is 0 Å². The zero-order valence-electron chi connectivity index (χ0n) is 15.3. The van der Waals surface area contributed by atoms with Crippen LogP contribution in [0.3, 0.4) is 0 Å². The molecule has 1 aromatic carbocycles. The van der Waals surface area contributed by atoms with Gasteiger partial charge in [0, 0.05) is 0 Å². The van der Waals surface area contributed by atoms with Gasteiger partial charge in [0.1, 0.15) is 0 Å². The highest BCUT2D eigenvalue weighted by Gasteiger charge is 2.05. The lowest BCUT2D eigenvalue weighted by atomic mass is 9.93. The molecule has 0 N–H and O–H groups in total. The first-order chi connectivity index (χ1) is 10.5. The van der Waals surface area contributed by atoms with Gasteiger partial charge in [0.25, 0.3) is 0 Å². The van der Waals surface area contributed by atoms with E-state index in [1.54, 1.807) is 0 Å². The van der Waals surface area contributed by atoms with E-state index in [-0.39, 0.29) is 0 Å². The molecule has 1 aromatic rings. The normalized spacial score (nSPS) is 13.2. The van der Waals surface area contributed by atoms with E-state index in [2.05, 4.69) is 78.0 Å². The lowest BCUT2D eigenvalue weighted by molar-refractivity contribution is 0.952. The Bertz CT molecular complexity index is 568. The smallest absolute Gasteiger partial charge is 0.00946 e. The minimum absolute atomic E-state index is 1.03. The fourth-order valence-corrected chi connectivity index (χ4v) is 2.80. The summed E-state index contributed by atoms with van der Waals surface area (Å²) >= 11 is 0. The highest BCUT2D eigenvalue weighted by Crippen LogP contribution is 2.25. The quantitative estimate of drug-likeness (QED) is 0.372. The van der Waals surface area contributed by atoms with E-state index >= 15 is 0 Å². The van der Waals surface area contributed by atoms with Gasteiger partial charge in [0.2, 0.25) is 0 Å². The SMILES string of the molecule is CC=C(CC)/C(=C\c1cc(C)cc(C)c1C)C/C=C\CCC. The largest absolute Gasteiger partial charge is 0.0882 e. The molecule has 0 heterocycles. The number of rotatable bonds is 7. The average molecular weight is 296 g/mol. The first-order valence-electron chi connectivity index (χ1n) is 8.62. The summed E-state index contributed by atoms with van der Waals surface area (Å²) in [6, 6.07) is 4.57. The molecule has 0 amide bonds. The van der Waals surface area contributed by atoms with Gasteiger partial charge in [-0.05, 0) is 74.8 Å². The Kier molecular flexibility index (Phi) is 7.95. The molecule has 0 unspecified atom stereocenters. The van der Waals surface area contributed by atoms with Crippen LogP contribution < -0.4 is 0 Å². The second-order valence-corrected chi connectivity index (χ2v) is 6.10. The Morgan fingerprint density at radius 2 is 1.73 bits per heavy atom. The van der Waals surface area contributed by atoms with Crippen molar-refractivity contribution in [3.05, 3.63) is 63.8 Å². The van der Waals surface area contributed by atoms with Crippen LogP contribution in [0.15, 0.2) is 41.5 Å². The van der Waals surface area contributed by atoms with Crippen molar-refractivity contribution in [2.75, 3.05) is 0 Å². The van der Waals surface area contributed by atoms with E-state index in [1.807, 2.05) is 0 Å². The summed E-state index contributed by atoms with van der Waals surface area (Å²) in [5.41, 5.74) is 8.39. The molecule has 0 nitrogen and oxygen atoms in total. The van der Waals surface area contributed by atoms with Crippen molar-refractivity contribution >= 4 is 6.08 Å². The van der Waals surface area contributed by atoms with Gasteiger partial charge < -0.3 is 0 Å². The predicted octanol–water partition coefficient (Wildman–Crippen LogP) is 7.10. The summed E-state index contributed by atoms with van der Waals surface area (Å²) in [6.07, 6.45) is 13.8. The van der Waals surface area contributed by atoms with Gasteiger partial charge in [-0.1, -0.05) is 62.3 Å². The van der Waals surface area contributed by atoms with Gasteiger partial charge in [-0.2, -0.15) is 0 Å². The summed E-state index contributed by atoms with van der Waals surface area (Å²) in [5.74, 6) is 0. The third-order valence-electron chi connectivity index (χ3n) is 4.28. The molecule has 0 fully saturated rings. The molecule has 0 aliphatic heterocycles. The lowest BCUT2D eigenvalue weighted by Gasteiger charge is -2.12. The molecule has 0 aliphatic rings. The zero-order chi connectivity index (χ0) is 16.5. The first-order valence-corrected chi connectivity index (χ1v) is 8.62. The van der Waals surface area contributed by atoms with Crippen molar-refractivity contribution in [2.24, 2.45) is 0 Å². The van der Waals surface area contributed by atoms with Gasteiger partial charge in [0.15, 0.2) is 0 Å². The maximum absolute atomic E-state index is 2.39. The molecule has 0 bridgehead atoms. The van der Waals surface area contributed by atoms with Crippen molar-refractivity contribution in [1.82, 2.24) is 0 Å². The number of aryl methyl sites for hydroxylation is 2. The van der Waals surface area contributed by atoms with Gasteiger partial charge >= 0.3 is 0 Å². The number of unbranched alkanes of at least 4 members (excludes halogenated alkanes) is 1. The van der Waals surface area contributed by atoms with Crippen LogP contribution in [0.5, 0.6) is 0 Å². The van der Waals surface area contributed by atoms with Crippen LogP contribution in [-0.4, -0.2) is 0 Å². The molecule has 22 heavy (non-hydrogen) atoms. The fourth-order valence-electron chi connectivity index (χ4n) is 2.80. The third kappa shape index (κ3) is 5.33. The number of hydrogen-bond donors (Lipinski definition) is 0. The van der Waals surface area contributed by atoms with Gasteiger partial charge in [0.05, 0.1) is 0 Å². The highest BCUT2D eigenvalue weighted by atomic mass is 14.1. The maximum Gasteiger partial charge on any atom is -0.00946 e. The van der Waals surface area contributed by atoms with Crippen LogP contribution in [0.2, 0.25) is 0 Å². The number of benzene rings is 1. The van der Waals surface area contributed by atoms with Crippen molar-refractivity contribution in [3.63, 3.8) is 0 Å². The van der Waals surface area contributed by atoms with E-state index < -0.39 is 0 Å². The first kappa shape index (κ1) is 18.5. The Labute approximate surface area is 137 Å². The van der Waals surface area contributed by atoms with E-state index in [9.17, 15) is 0 Å². The molecule has 0 aromatic heterocycles. The minimum Gasteiger partial charge on any atom is -0.0882 e. The van der Waals surface area contributed by atoms with Crippen LogP contribution in [0.4, 0.5) is 0 Å². The second-order valence-electron chi connectivity index (χ2n) is 6.10. The summed E-state index contributed by atoms with van der Waals surface area (Å²) in [7, 11) is 0. The second kappa shape index (κ2) is 9.46. The minimum atomic E-state index is 1.03. The van der Waals surface area contributed by atoms with Crippen LogP contribution in [0.1, 0.15) is 68.7 Å². The Morgan fingerprint density at radius 1 is 1.00 bits per heavy atom. The van der Waals surface area contributed by atoms with Crippen molar-refractivity contribution in [2.45, 2.75) is 67.2 Å². The van der Waals surface area contributed by atoms with E-state index in [1.165, 1.54) is 46.2 Å². The van der Waals surface area contributed by atoms with E-state index in [4.69, 9.17) is 0 Å². The monoisotopic (exact) mass is 296 g/mol. The molecule has 0 spiro atoms. The van der Waals surface area contributed by atoms with Crippen LogP contribution in [-0.2, 0) is 0 Å². The van der Waals surface area contributed by atoms with Crippen molar-refractivity contribution in [3.8, 4) is 0 Å². The zero-order valence-corrected chi connectivity index (χ0v) is 15.3. The lowest BCUT2D eigenvalue weighted by Crippen LogP contribution is -1.92. The Balaban J connectivity index is 3.20. The molecule has 120 valence electrons. The maximum atomic E-state index is 2.39. The summed E-state index contributed by atoms with van der Waals surface area (Å²) < 4.78 is 0. The third-order valence-corrected chi connectivity index (χ3v) is 4.28. The molecule has 0 saturated carbocycles. The predicted molar refractivity (Wildman–Crippen MR) is 101 cm³/mol. The molecule has 1 rings (SSSR count). The summed E-state index contributed by atoms with van der Waals surface area (Å²) in [6.45, 7) is 13.2. The van der Waals surface area contributed by atoms with Crippen LogP contribution in [0, 0.1) is 20.8 Å². The molecule has 0 atom stereocenters. The van der Waals surface area contributed by atoms with Gasteiger partial charge in [-0.15, -0.1) is 0 Å². The molecule has 0 saturated heterocycles. The Morgan fingerprint density at radius 3 is 2.32 bits per heavy atom. The van der Waals surface area contributed by atoms with Crippen LogP contribution in [0.25, 0.3) is 6.08 Å². The average Bonchev–Trinajstić information content (AvgIpc) is 2.49. The van der Waals surface area contributed by atoms with Crippen molar-refractivity contribution < 1.29 is 0 Å². The summed E-state index contributed by atoms with van der Waals surface area (Å²) in [5, 5.41) is 0. The highest BCUT2D eigenvalue weighted by molar-refractivity contribution is 5.63. The standard InChI is InChI=1S/C22H32/c1-7-10-11-12-13-21(20(8-2)9-3)16-22-15-17(4)14-18(5)19(22)6/h8,11-12,14-16H,7,9-10,13H2,1-6H3/b12-11-,20-8?,21-16-. The van der Waals surface area contributed by atoms with E-state index in [0.29, 0.717) is 0 Å². The number of allylic oxidation sites excluding steroid dienone is 5. The molecular weight excluding hydrogens is 264 g/mol. The Hall–Kier alpha value is -1.56. The molecule has 0 aliphatic carbocycles. The molecular formula is C22H32. The molecule has 0 radical (unpaired) electrons. The molecule has 0 heteroatoms. The van der Waals surface area contributed by atoms with Crippen LogP contribution >= 0.6 is 0 Å². The topological polar surface area (TPSA) is 0 Å². The summed E-state index contributed by atoms with van der Waals surface area (Å²) in [4.78, 5) is 0. The van der Waals surface area contributed by atoms with Gasteiger partial charge in [-0.3, -0.25) is 0 Å². The van der Waals surface area contributed by atoms with Crippen molar-refractivity contribution in [1.29, 1.82) is 0 Å². The number of hydrogen-bond acceptors (Lipinski definition) is 0. The van der Waals surface area contributed by atoms with E-state index in [0.717, 1.165) is 12.8 Å².